The Balaban J connectivity index is 1.61. The highest BCUT2D eigenvalue weighted by Crippen LogP contribution is 2.16. The van der Waals surface area contributed by atoms with Gasteiger partial charge in [0.25, 0.3) is 0 Å². The number of aromatic nitrogens is 1. The lowest BCUT2D eigenvalue weighted by atomic mass is 10.2. The summed E-state index contributed by atoms with van der Waals surface area (Å²) in [5.41, 5.74) is 4.24. The number of ether oxygens (including phenoxy) is 1. The van der Waals surface area contributed by atoms with E-state index in [2.05, 4.69) is 15.5 Å². The highest BCUT2D eigenvalue weighted by atomic mass is 32.1. The van der Waals surface area contributed by atoms with Crippen LogP contribution in [0.25, 0.3) is 0 Å². The molecule has 23 heavy (non-hydrogen) atoms. The van der Waals surface area contributed by atoms with Gasteiger partial charge in [-0.05, 0) is 23.8 Å². The highest BCUT2D eigenvalue weighted by Gasteiger charge is 2.02. The van der Waals surface area contributed by atoms with Gasteiger partial charge in [-0.2, -0.15) is 5.10 Å². The Bertz CT molecular complexity index is 790. The number of halogens is 1. The monoisotopic (exact) mass is 327 g/mol. The molecule has 0 radical (unpaired) electrons. The Labute approximate surface area is 137 Å². The molecule has 0 unspecified atom stereocenters. The van der Waals surface area contributed by atoms with Gasteiger partial charge in [-0.25, -0.2) is 9.37 Å². The van der Waals surface area contributed by atoms with E-state index in [0.717, 1.165) is 10.7 Å². The third-order valence-corrected chi connectivity index (χ3v) is 3.69. The molecule has 3 aromatic rings. The van der Waals surface area contributed by atoms with Gasteiger partial charge < -0.3 is 4.74 Å². The summed E-state index contributed by atoms with van der Waals surface area (Å²) >= 11 is 1.47. The third-order valence-electron chi connectivity index (χ3n) is 3.02. The molecule has 0 aliphatic carbocycles. The lowest BCUT2D eigenvalue weighted by Crippen LogP contribution is -1.98. The molecule has 0 spiro atoms. The standard InChI is InChI=1S/C17H14FN3OS/c18-16-7-2-1-5-14(16)12-22-15-6-3-4-13(10-15)11-20-21-17-19-8-9-23-17/h1-11H,12H2,(H,19,21)/b20-11+. The maximum Gasteiger partial charge on any atom is 0.203 e. The summed E-state index contributed by atoms with van der Waals surface area (Å²) in [6.45, 7) is 0.185. The summed E-state index contributed by atoms with van der Waals surface area (Å²) in [4.78, 5) is 4.07. The van der Waals surface area contributed by atoms with Crippen LogP contribution in [0, 0.1) is 5.82 Å². The zero-order valence-electron chi connectivity index (χ0n) is 12.1. The molecular weight excluding hydrogens is 313 g/mol. The molecule has 1 N–H and O–H groups in total. The van der Waals surface area contributed by atoms with Gasteiger partial charge in [0.15, 0.2) is 0 Å². The predicted octanol–water partition coefficient (Wildman–Crippen LogP) is 4.31. The minimum atomic E-state index is -0.266. The molecule has 3 rings (SSSR count). The molecule has 0 fully saturated rings. The van der Waals surface area contributed by atoms with E-state index in [-0.39, 0.29) is 12.4 Å². The molecule has 6 heteroatoms. The normalized spacial score (nSPS) is 10.8. The van der Waals surface area contributed by atoms with Crippen molar-refractivity contribution in [2.24, 2.45) is 5.10 Å². The largest absolute Gasteiger partial charge is 0.489 e. The first-order chi connectivity index (χ1) is 11.3. The number of anilines is 1. The topological polar surface area (TPSA) is 46.5 Å². The van der Waals surface area contributed by atoms with Gasteiger partial charge in [-0.15, -0.1) is 11.3 Å². The first-order valence-corrected chi connectivity index (χ1v) is 7.84. The van der Waals surface area contributed by atoms with Crippen molar-refractivity contribution >= 4 is 22.7 Å². The molecule has 0 bridgehead atoms. The van der Waals surface area contributed by atoms with E-state index in [9.17, 15) is 4.39 Å². The summed E-state index contributed by atoms with van der Waals surface area (Å²) in [6.07, 6.45) is 3.39. The molecule has 116 valence electrons. The fourth-order valence-electron chi connectivity index (χ4n) is 1.90. The van der Waals surface area contributed by atoms with Crippen molar-refractivity contribution in [1.82, 2.24) is 4.98 Å². The zero-order chi connectivity index (χ0) is 15.9. The molecule has 1 heterocycles. The van der Waals surface area contributed by atoms with E-state index < -0.39 is 0 Å². The fourth-order valence-corrected chi connectivity index (χ4v) is 2.38. The number of hydrogen-bond acceptors (Lipinski definition) is 5. The van der Waals surface area contributed by atoms with Gasteiger partial charge in [0.2, 0.25) is 5.13 Å². The van der Waals surface area contributed by atoms with Crippen molar-refractivity contribution < 1.29 is 9.13 Å². The van der Waals surface area contributed by atoms with E-state index in [4.69, 9.17) is 4.74 Å². The van der Waals surface area contributed by atoms with Crippen LogP contribution < -0.4 is 10.2 Å². The third kappa shape index (κ3) is 4.37. The second kappa shape index (κ2) is 7.51. The second-order valence-corrected chi connectivity index (χ2v) is 5.55. The van der Waals surface area contributed by atoms with Gasteiger partial charge in [0.1, 0.15) is 18.2 Å². The van der Waals surface area contributed by atoms with E-state index in [1.807, 2.05) is 29.6 Å². The predicted molar refractivity (Wildman–Crippen MR) is 90.5 cm³/mol. The Morgan fingerprint density at radius 1 is 1.22 bits per heavy atom. The van der Waals surface area contributed by atoms with Crippen LogP contribution in [0.4, 0.5) is 9.52 Å². The highest BCUT2D eigenvalue weighted by molar-refractivity contribution is 7.13. The lowest BCUT2D eigenvalue weighted by molar-refractivity contribution is 0.300. The van der Waals surface area contributed by atoms with Gasteiger partial charge >= 0.3 is 0 Å². The van der Waals surface area contributed by atoms with Crippen molar-refractivity contribution in [2.45, 2.75) is 6.61 Å². The van der Waals surface area contributed by atoms with Crippen molar-refractivity contribution in [3.63, 3.8) is 0 Å². The number of nitrogens with one attached hydrogen (secondary N) is 1. The maximum atomic E-state index is 13.6. The molecule has 0 amide bonds. The lowest BCUT2D eigenvalue weighted by Gasteiger charge is -2.07. The molecular formula is C17H14FN3OS. The van der Waals surface area contributed by atoms with Gasteiger partial charge in [-0.3, -0.25) is 5.43 Å². The maximum absolute atomic E-state index is 13.6. The van der Waals surface area contributed by atoms with Crippen molar-refractivity contribution in [1.29, 1.82) is 0 Å². The quantitative estimate of drug-likeness (QED) is 0.542. The first-order valence-electron chi connectivity index (χ1n) is 6.96. The summed E-state index contributed by atoms with van der Waals surface area (Å²) in [7, 11) is 0. The summed E-state index contributed by atoms with van der Waals surface area (Å²) in [5.74, 6) is 0.393. The molecule has 0 saturated heterocycles. The summed E-state index contributed by atoms with van der Waals surface area (Å²) in [6, 6.07) is 14.0. The summed E-state index contributed by atoms with van der Waals surface area (Å²) < 4.78 is 19.2. The molecule has 4 nitrogen and oxygen atoms in total. The van der Waals surface area contributed by atoms with Crippen LogP contribution >= 0.6 is 11.3 Å². The minimum Gasteiger partial charge on any atom is -0.489 e. The van der Waals surface area contributed by atoms with Crippen LogP contribution in [0.3, 0.4) is 0 Å². The Hall–Kier alpha value is -2.73. The van der Waals surface area contributed by atoms with Crippen LogP contribution in [0.1, 0.15) is 11.1 Å². The van der Waals surface area contributed by atoms with Gasteiger partial charge in [0, 0.05) is 17.1 Å². The molecule has 0 atom stereocenters. The number of hydrazone groups is 1. The van der Waals surface area contributed by atoms with Crippen molar-refractivity contribution in [3.8, 4) is 5.75 Å². The van der Waals surface area contributed by atoms with Gasteiger partial charge in [0.05, 0.1) is 6.21 Å². The minimum absolute atomic E-state index is 0.185. The number of hydrogen-bond donors (Lipinski definition) is 1. The van der Waals surface area contributed by atoms with Crippen LogP contribution in [-0.2, 0) is 6.61 Å². The Morgan fingerprint density at radius 2 is 2.13 bits per heavy atom. The molecule has 0 aliphatic rings. The Kier molecular flexibility index (Phi) is 4.95. The van der Waals surface area contributed by atoms with E-state index >= 15 is 0 Å². The van der Waals surface area contributed by atoms with E-state index in [1.165, 1.54) is 17.4 Å². The van der Waals surface area contributed by atoms with Crippen LogP contribution in [0.5, 0.6) is 5.75 Å². The average Bonchev–Trinajstić information content (AvgIpc) is 3.08. The average molecular weight is 327 g/mol. The summed E-state index contributed by atoms with van der Waals surface area (Å²) in [5, 5.41) is 6.71. The number of nitrogens with zero attached hydrogens (tertiary/aromatic N) is 2. The van der Waals surface area contributed by atoms with E-state index in [1.54, 1.807) is 30.6 Å². The Morgan fingerprint density at radius 3 is 2.96 bits per heavy atom. The zero-order valence-corrected chi connectivity index (χ0v) is 13.0. The first kappa shape index (κ1) is 15.2. The fraction of sp³-hybridized carbons (Fsp3) is 0.0588. The van der Waals surface area contributed by atoms with Crippen molar-refractivity contribution in [2.75, 3.05) is 5.43 Å². The number of thiazole rings is 1. The van der Waals surface area contributed by atoms with Crippen LogP contribution in [0.2, 0.25) is 0 Å². The van der Waals surface area contributed by atoms with Crippen LogP contribution in [0.15, 0.2) is 65.2 Å². The molecule has 0 saturated carbocycles. The smallest absolute Gasteiger partial charge is 0.203 e. The van der Waals surface area contributed by atoms with Crippen LogP contribution in [-0.4, -0.2) is 11.2 Å². The SMILES string of the molecule is Fc1ccccc1COc1cccc(/C=N/Nc2nccs2)c1. The number of benzene rings is 2. The second-order valence-electron chi connectivity index (χ2n) is 4.66. The molecule has 0 aliphatic heterocycles. The number of rotatable bonds is 6. The molecule has 2 aromatic carbocycles. The van der Waals surface area contributed by atoms with E-state index in [0.29, 0.717) is 11.3 Å². The molecule has 1 aromatic heterocycles. The van der Waals surface area contributed by atoms with Gasteiger partial charge in [-0.1, -0.05) is 30.3 Å². The van der Waals surface area contributed by atoms with Crippen molar-refractivity contribution in [3.05, 3.63) is 77.1 Å².